The van der Waals surface area contributed by atoms with Gasteiger partial charge in [-0.3, -0.25) is 10.1 Å². The van der Waals surface area contributed by atoms with Gasteiger partial charge in [0.2, 0.25) is 5.65 Å². The maximum Gasteiger partial charge on any atom is 0.313 e. The molecule has 0 aliphatic rings. The first-order valence-electron chi connectivity index (χ1n) is 5.41. The topological polar surface area (TPSA) is 73.3 Å². The molecule has 2 heterocycles. The van der Waals surface area contributed by atoms with E-state index >= 15 is 0 Å². The van der Waals surface area contributed by atoms with Crippen LogP contribution in [-0.4, -0.2) is 19.5 Å². The van der Waals surface area contributed by atoms with E-state index < -0.39 is 4.92 Å². The van der Waals surface area contributed by atoms with Crippen LogP contribution in [0, 0.1) is 15.9 Å². The number of pyridine rings is 1. The Morgan fingerprint density at radius 3 is 2.63 bits per heavy atom. The fourth-order valence-electron chi connectivity index (χ4n) is 1.76. The van der Waals surface area contributed by atoms with E-state index in [-0.39, 0.29) is 17.2 Å². The first kappa shape index (κ1) is 11.3. The van der Waals surface area contributed by atoms with Gasteiger partial charge in [-0.25, -0.2) is 13.9 Å². The Kier molecular flexibility index (Phi) is 2.45. The molecule has 0 spiro atoms. The summed E-state index contributed by atoms with van der Waals surface area (Å²) in [6.07, 6.45) is 1.57. The highest BCUT2D eigenvalue weighted by Crippen LogP contribution is 2.21. The second-order valence-electron chi connectivity index (χ2n) is 3.86. The van der Waals surface area contributed by atoms with Crippen LogP contribution in [0.2, 0.25) is 0 Å². The minimum Gasteiger partial charge on any atom is -0.258 e. The number of nitrogens with zero attached hydrogens (tertiary/aromatic N) is 4. The molecular formula is C12H7FN4O2. The van der Waals surface area contributed by atoms with Crippen molar-refractivity contribution in [1.82, 2.24) is 14.6 Å². The molecule has 0 fully saturated rings. The predicted octanol–water partition coefficient (Wildman–Crippen LogP) is 2.44. The number of hydrogen-bond donors (Lipinski definition) is 0. The quantitative estimate of drug-likeness (QED) is 0.522. The van der Waals surface area contributed by atoms with E-state index in [9.17, 15) is 14.5 Å². The predicted molar refractivity (Wildman–Crippen MR) is 65.0 cm³/mol. The Bertz CT molecular complexity index is 767. The molecule has 0 bridgehead atoms. The normalized spacial score (nSPS) is 10.8. The van der Waals surface area contributed by atoms with Crippen molar-refractivity contribution in [3.63, 3.8) is 0 Å². The molecule has 0 amide bonds. The first-order chi connectivity index (χ1) is 9.15. The van der Waals surface area contributed by atoms with Crippen molar-refractivity contribution >= 4 is 11.3 Å². The molecule has 19 heavy (non-hydrogen) atoms. The third-order valence-corrected chi connectivity index (χ3v) is 2.64. The Hall–Kier alpha value is -2.83. The third-order valence-electron chi connectivity index (χ3n) is 2.64. The van der Waals surface area contributed by atoms with E-state index in [1.54, 1.807) is 6.20 Å². The van der Waals surface area contributed by atoms with Crippen LogP contribution < -0.4 is 0 Å². The largest absolute Gasteiger partial charge is 0.313 e. The number of rotatable bonds is 2. The number of halogens is 1. The summed E-state index contributed by atoms with van der Waals surface area (Å²) in [7, 11) is 0. The fraction of sp³-hybridized carbons (Fsp3) is 0. The summed E-state index contributed by atoms with van der Waals surface area (Å²) in [4.78, 5) is 14.5. The van der Waals surface area contributed by atoms with Crippen molar-refractivity contribution in [2.75, 3.05) is 0 Å². The lowest BCUT2D eigenvalue weighted by molar-refractivity contribution is -0.383. The SMILES string of the molecule is O=[N+]([O-])c1cccn2nc(-c3ccc(F)cc3)nc12. The summed E-state index contributed by atoms with van der Waals surface area (Å²) >= 11 is 0. The average Bonchev–Trinajstić information content (AvgIpc) is 2.82. The Balaban J connectivity index is 2.19. The van der Waals surface area contributed by atoms with Crippen molar-refractivity contribution in [1.29, 1.82) is 0 Å². The van der Waals surface area contributed by atoms with Gasteiger partial charge >= 0.3 is 5.69 Å². The molecule has 0 atom stereocenters. The van der Waals surface area contributed by atoms with E-state index in [2.05, 4.69) is 10.1 Å². The zero-order valence-corrected chi connectivity index (χ0v) is 9.52. The lowest BCUT2D eigenvalue weighted by Crippen LogP contribution is -1.93. The van der Waals surface area contributed by atoms with E-state index in [0.29, 0.717) is 11.4 Å². The molecular weight excluding hydrogens is 251 g/mol. The molecule has 2 aromatic heterocycles. The average molecular weight is 258 g/mol. The number of fused-ring (bicyclic) bond motifs is 1. The lowest BCUT2D eigenvalue weighted by Gasteiger charge is -1.92. The smallest absolute Gasteiger partial charge is 0.258 e. The van der Waals surface area contributed by atoms with Gasteiger partial charge < -0.3 is 0 Å². The fourth-order valence-corrected chi connectivity index (χ4v) is 1.76. The van der Waals surface area contributed by atoms with Crippen LogP contribution in [0.25, 0.3) is 17.0 Å². The van der Waals surface area contributed by atoms with Crippen molar-refractivity contribution < 1.29 is 9.31 Å². The van der Waals surface area contributed by atoms with Crippen LogP contribution in [0.1, 0.15) is 0 Å². The molecule has 0 radical (unpaired) electrons. The Labute approximate surface area is 106 Å². The van der Waals surface area contributed by atoms with Gasteiger partial charge in [-0.05, 0) is 30.3 Å². The second kappa shape index (κ2) is 4.13. The van der Waals surface area contributed by atoms with Gasteiger partial charge in [-0.15, -0.1) is 5.10 Å². The molecule has 0 aliphatic heterocycles. The Morgan fingerprint density at radius 2 is 1.95 bits per heavy atom. The van der Waals surface area contributed by atoms with Crippen molar-refractivity contribution in [2.45, 2.75) is 0 Å². The van der Waals surface area contributed by atoms with Gasteiger partial charge in [0.05, 0.1) is 4.92 Å². The molecule has 94 valence electrons. The summed E-state index contributed by atoms with van der Waals surface area (Å²) in [5.41, 5.74) is 0.634. The van der Waals surface area contributed by atoms with Gasteiger partial charge in [-0.1, -0.05) is 0 Å². The van der Waals surface area contributed by atoms with E-state index in [1.165, 1.54) is 40.9 Å². The van der Waals surface area contributed by atoms with Crippen LogP contribution in [-0.2, 0) is 0 Å². The third kappa shape index (κ3) is 1.90. The highest BCUT2D eigenvalue weighted by atomic mass is 19.1. The summed E-state index contributed by atoms with van der Waals surface area (Å²) < 4.78 is 14.2. The summed E-state index contributed by atoms with van der Waals surface area (Å²) in [5, 5.41) is 15.0. The number of nitro groups is 1. The minimum absolute atomic E-state index is 0.122. The van der Waals surface area contributed by atoms with Gasteiger partial charge in [-0.2, -0.15) is 0 Å². The molecule has 3 rings (SSSR count). The monoisotopic (exact) mass is 258 g/mol. The van der Waals surface area contributed by atoms with E-state index in [1.807, 2.05) is 0 Å². The van der Waals surface area contributed by atoms with E-state index in [0.717, 1.165) is 0 Å². The molecule has 0 saturated heterocycles. The molecule has 6 nitrogen and oxygen atoms in total. The van der Waals surface area contributed by atoms with Crippen molar-refractivity contribution in [3.8, 4) is 11.4 Å². The Morgan fingerprint density at radius 1 is 1.21 bits per heavy atom. The standard InChI is InChI=1S/C12H7FN4O2/c13-9-5-3-8(4-6-9)11-14-12-10(17(18)19)2-1-7-16(12)15-11/h1-7H. The summed E-state index contributed by atoms with van der Waals surface area (Å²) in [6, 6.07) is 8.50. The molecule has 3 aromatic rings. The van der Waals surface area contributed by atoms with Crippen LogP contribution >= 0.6 is 0 Å². The highest BCUT2D eigenvalue weighted by molar-refractivity contribution is 5.64. The van der Waals surface area contributed by atoms with Crippen molar-refractivity contribution in [3.05, 3.63) is 58.5 Å². The number of benzene rings is 1. The number of aromatic nitrogens is 3. The second-order valence-corrected chi connectivity index (χ2v) is 3.86. The van der Waals surface area contributed by atoms with Crippen LogP contribution in [0.3, 0.4) is 0 Å². The highest BCUT2D eigenvalue weighted by Gasteiger charge is 2.16. The van der Waals surface area contributed by atoms with Crippen LogP contribution in [0.4, 0.5) is 10.1 Å². The summed E-state index contributed by atoms with van der Waals surface area (Å²) in [6.45, 7) is 0. The maximum absolute atomic E-state index is 12.8. The van der Waals surface area contributed by atoms with Gasteiger partial charge in [0.15, 0.2) is 5.82 Å². The van der Waals surface area contributed by atoms with Gasteiger partial charge in [0, 0.05) is 17.8 Å². The zero-order chi connectivity index (χ0) is 13.4. The molecule has 0 N–H and O–H groups in total. The summed E-state index contributed by atoms with van der Waals surface area (Å²) in [5.74, 6) is -0.0483. The molecule has 0 unspecified atom stereocenters. The molecule has 7 heteroatoms. The maximum atomic E-state index is 12.8. The zero-order valence-electron chi connectivity index (χ0n) is 9.52. The van der Waals surface area contributed by atoms with Gasteiger partial charge in [0.1, 0.15) is 5.82 Å². The minimum atomic E-state index is -0.515. The van der Waals surface area contributed by atoms with E-state index in [4.69, 9.17) is 0 Å². The van der Waals surface area contributed by atoms with Gasteiger partial charge in [0.25, 0.3) is 0 Å². The van der Waals surface area contributed by atoms with Crippen LogP contribution in [0.15, 0.2) is 42.6 Å². The van der Waals surface area contributed by atoms with Crippen molar-refractivity contribution in [2.24, 2.45) is 0 Å². The molecule has 1 aromatic carbocycles. The molecule has 0 aliphatic carbocycles. The van der Waals surface area contributed by atoms with Crippen LogP contribution in [0.5, 0.6) is 0 Å². The molecule has 0 saturated carbocycles. The lowest BCUT2D eigenvalue weighted by atomic mass is 10.2. The first-order valence-corrected chi connectivity index (χ1v) is 5.41. The number of hydrogen-bond acceptors (Lipinski definition) is 4.